The average molecular weight is 340 g/mol. The molecule has 6 nitrogen and oxygen atoms in total. The van der Waals surface area contributed by atoms with Crippen LogP contribution in [0.4, 0.5) is 13.2 Å². The molecule has 3 rings (SSSR count). The molecule has 0 saturated carbocycles. The second-order valence-electron chi connectivity index (χ2n) is 5.46. The van der Waals surface area contributed by atoms with Crippen molar-refractivity contribution in [2.45, 2.75) is 32.3 Å². The summed E-state index contributed by atoms with van der Waals surface area (Å²) in [6.45, 7) is 3.22. The summed E-state index contributed by atoms with van der Waals surface area (Å²) in [5.41, 5.74) is -0.238. The van der Waals surface area contributed by atoms with Gasteiger partial charge >= 0.3 is 6.18 Å². The number of rotatable bonds is 3. The molecule has 0 aromatic carbocycles. The van der Waals surface area contributed by atoms with Gasteiger partial charge in [-0.15, -0.1) is 0 Å². The topological polar surface area (TPSA) is 69.0 Å². The first-order chi connectivity index (χ1) is 11.3. The number of pyridine rings is 1. The number of alkyl halides is 3. The molecular weight excluding hydrogens is 325 g/mol. The minimum atomic E-state index is -4.48. The van der Waals surface area contributed by atoms with Gasteiger partial charge in [0.1, 0.15) is 23.8 Å². The zero-order valence-electron chi connectivity index (χ0n) is 12.8. The Kier molecular flexibility index (Phi) is 4.27. The highest BCUT2D eigenvalue weighted by molar-refractivity contribution is 5.92. The minimum absolute atomic E-state index is 0.252. The van der Waals surface area contributed by atoms with E-state index in [0.717, 1.165) is 12.3 Å². The Hall–Kier alpha value is -2.42. The van der Waals surface area contributed by atoms with E-state index in [4.69, 9.17) is 4.74 Å². The van der Waals surface area contributed by atoms with E-state index in [9.17, 15) is 18.0 Å². The van der Waals surface area contributed by atoms with E-state index in [1.807, 2.05) is 4.57 Å². The fourth-order valence-electron chi connectivity index (χ4n) is 2.38. The fourth-order valence-corrected chi connectivity index (χ4v) is 2.38. The number of nitrogens with zero attached hydrogens (tertiary/aromatic N) is 3. The number of carbonyl (C=O) groups is 1. The summed E-state index contributed by atoms with van der Waals surface area (Å²) in [6, 6.07) is 1.69. The van der Waals surface area contributed by atoms with Crippen LogP contribution in [0.15, 0.2) is 24.5 Å². The molecule has 1 amide bonds. The van der Waals surface area contributed by atoms with E-state index < -0.39 is 23.8 Å². The number of hydrogen-bond acceptors (Lipinski definition) is 4. The molecule has 9 heteroatoms. The number of halogens is 3. The Morgan fingerprint density at radius 3 is 2.83 bits per heavy atom. The molecule has 0 bridgehead atoms. The van der Waals surface area contributed by atoms with Gasteiger partial charge in [0.25, 0.3) is 5.91 Å². The van der Waals surface area contributed by atoms with Gasteiger partial charge in [-0.2, -0.15) is 13.2 Å². The van der Waals surface area contributed by atoms with Crippen molar-refractivity contribution >= 4 is 5.91 Å². The van der Waals surface area contributed by atoms with Gasteiger partial charge in [-0.1, -0.05) is 6.07 Å². The molecule has 0 saturated heterocycles. The maximum atomic E-state index is 12.5. The van der Waals surface area contributed by atoms with Gasteiger partial charge < -0.3 is 14.6 Å². The number of amides is 1. The Balaban J connectivity index is 1.68. The molecule has 1 N–H and O–H groups in total. The predicted octanol–water partition coefficient (Wildman–Crippen LogP) is 2.32. The Morgan fingerprint density at radius 1 is 1.42 bits per heavy atom. The first-order valence-corrected chi connectivity index (χ1v) is 7.32. The SMILES string of the molecule is C[C@H](NC(=O)c1cn2c(n1)COCC2)c1ccc(C(F)(F)F)nc1. The van der Waals surface area contributed by atoms with Crippen LogP contribution < -0.4 is 5.32 Å². The van der Waals surface area contributed by atoms with Crippen molar-refractivity contribution in [2.24, 2.45) is 0 Å². The summed E-state index contributed by atoms with van der Waals surface area (Å²) >= 11 is 0. The lowest BCUT2D eigenvalue weighted by Crippen LogP contribution is -2.27. The molecule has 0 aliphatic carbocycles. The van der Waals surface area contributed by atoms with Crippen molar-refractivity contribution in [3.8, 4) is 0 Å². The molecule has 2 aromatic rings. The third-order valence-corrected chi connectivity index (χ3v) is 3.72. The van der Waals surface area contributed by atoms with E-state index in [1.54, 1.807) is 13.1 Å². The van der Waals surface area contributed by atoms with Crippen molar-refractivity contribution in [2.75, 3.05) is 6.61 Å². The number of imidazole rings is 1. The summed E-state index contributed by atoms with van der Waals surface area (Å²) in [5.74, 6) is 0.277. The normalized spacial score (nSPS) is 15.7. The fraction of sp³-hybridized carbons (Fsp3) is 0.400. The first-order valence-electron chi connectivity index (χ1n) is 7.32. The Morgan fingerprint density at radius 2 is 2.21 bits per heavy atom. The summed E-state index contributed by atoms with van der Waals surface area (Å²) in [7, 11) is 0. The number of nitrogens with one attached hydrogen (secondary N) is 1. The van der Waals surface area contributed by atoms with E-state index in [0.29, 0.717) is 31.1 Å². The summed E-state index contributed by atoms with van der Waals surface area (Å²) in [6.07, 6.45) is -1.73. The number of fused-ring (bicyclic) bond motifs is 1. The molecule has 1 aliphatic heterocycles. The molecule has 0 unspecified atom stereocenters. The van der Waals surface area contributed by atoms with Crippen molar-refractivity contribution < 1.29 is 22.7 Å². The summed E-state index contributed by atoms with van der Waals surface area (Å²) in [5, 5.41) is 2.70. The van der Waals surface area contributed by atoms with Crippen molar-refractivity contribution in [3.05, 3.63) is 47.3 Å². The molecule has 2 aromatic heterocycles. The van der Waals surface area contributed by atoms with Crippen LogP contribution >= 0.6 is 0 Å². The molecule has 1 atom stereocenters. The zero-order valence-corrected chi connectivity index (χ0v) is 12.8. The largest absolute Gasteiger partial charge is 0.433 e. The van der Waals surface area contributed by atoms with Crippen LogP contribution in [0.3, 0.4) is 0 Å². The third kappa shape index (κ3) is 3.40. The number of hydrogen-bond donors (Lipinski definition) is 1. The summed E-state index contributed by atoms with van der Waals surface area (Å²) in [4.78, 5) is 19.8. The van der Waals surface area contributed by atoms with Gasteiger partial charge in [-0.3, -0.25) is 9.78 Å². The van der Waals surface area contributed by atoms with Crippen molar-refractivity contribution in [1.29, 1.82) is 0 Å². The number of ether oxygens (including phenoxy) is 1. The molecule has 0 radical (unpaired) electrons. The van der Waals surface area contributed by atoms with Gasteiger partial charge in [0.2, 0.25) is 0 Å². The standard InChI is InChI=1S/C15H15F3N4O2/c1-9(10-2-3-12(19-6-10)15(16,17)18)20-14(23)11-7-22-4-5-24-8-13(22)21-11/h2-3,6-7,9H,4-5,8H2,1H3,(H,20,23)/t9-/m0/s1. The number of carbonyl (C=O) groups excluding carboxylic acids is 1. The van der Waals surface area contributed by atoms with Crippen LogP contribution in [0.1, 0.15) is 40.5 Å². The quantitative estimate of drug-likeness (QED) is 0.931. The van der Waals surface area contributed by atoms with Gasteiger partial charge in [-0.25, -0.2) is 4.98 Å². The zero-order chi connectivity index (χ0) is 17.3. The lowest BCUT2D eigenvalue weighted by Gasteiger charge is -2.14. The number of aromatic nitrogens is 3. The molecule has 24 heavy (non-hydrogen) atoms. The lowest BCUT2D eigenvalue weighted by molar-refractivity contribution is -0.141. The van der Waals surface area contributed by atoms with Crippen molar-refractivity contribution in [3.63, 3.8) is 0 Å². The highest BCUT2D eigenvalue weighted by Gasteiger charge is 2.32. The molecule has 1 aliphatic rings. The molecule has 0 spiro atoms. The first kappa shape index (κ1) is 16.4. The van der Waals surface area contributed by atoms with Crippen LogP contribution in [-0.2, 0) is 24.1 Å². The van der Waals surface area contributed by atoms with Crippen LogP contribution in [0.5, 0.6) is 0 Å². The summed E-state index contributed by atoms with van der Waals surface area (Å²) < 4.78 is 44.6. The van der Waals surface area contributed by atoms with E-state index in [2.05, 4.69) is 15.3 Å². The Labute approximate surface area is 135 Å². The average Bonchev–Trinajstić information content (AvgIpc) is 2.98. The van der Waals surface area contributed by atoms with Gasteiger partial charge in [0.15, 0.2) is 0 Å². The van der Waals surface area contributed by atoms with Crippen LogP contribution in [-0.4, -0.2) is 27.0 Å². The third-order valence-electron chi connectivity index (χ3n) is 3.72. The maximum Gasteiger partial charge on any atom is 0.433 e. The van der Waals surface area contributed by atoms with E-state index in [-0.39, 0.29) is 5.69 Å². The minimum Gasteiger partial charge on any atom is -0.372 e. The molecule has 0 fully saturated rings. The molecule has 128 valence electrons. The van der Waals surface area contributed by atoms with E-state index in [1.165, 1.54) is 6.07 Å². The second-order valence-corrected chi connectivity index (χ2v) is 5.46. The predicted molar refractivity (Wildman–Crippen MR) is 77.0 cm³/mol. The van der Waals surface area contributed by atoms with Crippen molar-refractivity contribution in [1.82, 2.24) is 19.9 Å². The van der Waals surface area contributed by atoms with Crippen LogP contribution in [0.2, 0.25) is 0 Å². The van der Waals surface area contributed by atoms with Gasteiger partial charge in [0.05, 0.1) is 12.6 Å². The van der Waals surface area contributed by atoms with E-state index >= 15 is 0 Å². The highest BCUT2D eigenvalue weighted by atomic mass is 19.4. The molecular formula is C15H15F3N4O2. The monoisotopic (exact) mass is 340 g/mol. The Bertz CT molecular complexity index is 717. The smallest absolute Gasteiger partial charge is 0.372 e. The van der Waals surface area contributed by atoms with Gasteiger partial charge in [0, 0.05) is 18.9 Å². The maximum absolute atomic E-state index is 12.5. The second kappa shape index (κ2) is 6.23. The lowest BCUT2D eigenvalue weighted by atomic mass is 10.1. The highest BCUT2D eigenvalue weighted by Crippen LogP contribution is 2.27. The van der Waals surface area contributed by atoms with Crippen LogP contribution in [0, 0.1) is 0 Å². The van der Waals surface area contributed by atoms with Crippen LogP contribution in [0.25, 0.3) is 0 Å². The van der Waals surface area contributed by atoms with Gasteiger partial charge in [-0.05, 0) is 18.6 Å². The molecule has 3 heterocycles.